The van der Waals surface area contributed by atoms with Crippen LogP contribution < -0.4 is 10.8 Å². The van der Waals surface area contributed by atoms with Crippen LogP contribution in [0.2, 0.25) is 0 Å². The Morgan fingerprint density at radius 2 is 1.48 bits per heavy atom. The van der Waals surface area contributed by atoms with Crippen LogP contribution in [0.15, 0.2) is 42.5 Å². The molecule has 1 N–H and O–H groups in total. The van der Waals surface area contributed by atoms with Crippen molar-refractivity contribution in [1.29, 1.82) is 0 Å². The molecular formula is C23H29BFNO3. The van der Waals surface area contributed by atoms with E-state index in [2.05, 4.69) is 5.32 Å². The number of rotatable bonds is 3. The van der Waals surface area contributed by atoms with E-state index >= 15 is 0 Å². The van der Waals surface area contributed by atoms with Crippen LogP contribution in [0.3, 0.4) is 0 Å². The van der Waals surface area contributed by atoms with E-state index in [9.17, 15) is 9.18 Å². The molecular weight excluding hydrogens is 368 g/mol. The second-order valence-electron chi connectivity index (χ2n) is 9.64. The van der Waals surface area contributed by atoms with Crippen molar-refractivity contribution < 1.29 is 18.5 Å². The minimum atomic E-state index is -0.596. The third-order valence-electron chi connectivity index (χ3n) is 5.41. The van der Waals surface area contributed by atoms with E-state index in [4.69, 9.17) is 9.31 Å². The predicted molar refractivity (Wildman–Crippen MR) is 115 cm³/mol. The molecule has 29 heavy (non-hydrogen) atoms. The van der Waals surface area contributed by atoms with Crippen LogP contribution in [-0.2, 0) is 9.31 Å². The van der Waals surface area contributed by atoms with Crippen molar-refractivity contribution in [2.24, 2.45) is 0 Å². The Bertz CT molecular complexity index is 901. The number of hydrogen-bond donors (Lipinski definition) is 1. The Labute approximate surface area is 172 Å². The summed E-state index contributed by atoms with van der Waals surface area (Å²) in [5, 5.41) is 2.99. The summed E-state index contributed by atoms with van der Waals surface area (Å²) >= 11 is 0. The number of nitrogens with one attached hydrogen (secondary N) is 1. The molecule has 0 bridgehead atoms. The molecule has 2 aromatic rings. The van der Waals surface area contributed by atoms with Gasteiger partial charge in [0.05, 0.1) is 11.2 Å². The standard InChI is InChI=1S/C23H29BFNO3/c1-21(2,3)26-20(27)17-12-16(15-8-10-19(25)11-9-15)13-18(14-17)24-28-22(4,5)23(6,7)29-24/h8-14H,1-7H3,(H,26,27). The normalized spacial score (nSPS) is 18.0. The summed E-state index contributed by atoms with van der Waals surface area (Å²) in [5.41, 5.74) is 1.53. The maximum Gasteiger partial charge on any atom is 0.494 e. The van der Waals surface area contributed by atoms with Crippen molar-refractivity contribution in [3.8, 4) is 11.1 Å². The highest BCUT2D eigenvalue weighted by molar-refractivity contribution is 6.62. The molecule has 1 heterocycles. The molecule has 4 nitrogen and oxygen atoms in total. The molecule has 0 unspecified atom stereocenters. The molecule has 6 heteroatoms. The fourth-order valence-electron chi connectivity index (χ4n) is 3.12. The zero-order chi connectivity index (χ0) is 21.6. The Hall–Kier alpha value is -2.18. The zero-order valence-corrected chi connectivity index (χ0v) is 18.2. The first kappa shape index (κ1) is 21.5. The number of hydrogen-bond acceptors (Lipinski definition) is 3. The summed E-state index contributed by atoms with van der Waals surface area (Å²) in [6, 6.07) is 11.8. The zero-order valence-electron chi connectivity index (χ0n) is 18.2. The Morgan fingerprint density at radius 1 is 0.931 bits per heavy atom. The van der Waals surface area contributed by atoms with E-state index in [0.29, 0.717) is 5.56 Å². The quantitative estimate of drug-likeness (QED) is 0.785. The van der Waals surface area contributed by atoms with Gasteiger partial charge in [-0.15, -0.1) is 0 Å². The molecule has 1 aliphatic rings. The van der Waals surface area contributed by atoms with Gasteiger partial charge in [-0.1, -0.05) is 18.2 Å². The van der Waals surface area contributed by atoms with Crippen LogP contribution in [0.4, 0.5) is 4.39 Å². The Kier molecular flexibility index (Phi) is 5.39. The van der Waals surface area contributed by atoms with E-state index in [-0.39, 0.29) is 17.3 Å². The molecule has 1 aliphatic heterocycles. The van der Waals surface area contributed by atoms with Gasteiger partial charge in [0.1, 0.15) is 5.82 Å². The predicted octanol–water partition coefficient (Wildman–Crippen LogP) is 4.32. The van der Waals surface area contributed by atoms with Gasteiger partial charge < -0.3 is 14.6 Å². The van der Waals surface area contributed by atoms with Gasteiger partial charge in [0.25, 0.3) is 5.91 Å². The van der Waals surface area contributed by atoms with Crippen molar-refractivity contribution >= 4 is 18.5 Å². The first-order chi connectivity index (χ1) is 13.3. The van der Waals surface area contributed by atoms with Crippen molar-refractivity contribution in [2.75, 3.05) is 0 Å². The van der Waals surface area contributed by atoms with Gasteiger partial charge in [-0.05, 0) is 89.3 Å². The van der Waals surface area contributed by atoms with Crippen LogP contribution >= 0.6 is 0 Å². The molecule has 1 saturated heterocycles. The van der Waals surface area contributed by atoms with Crippen molar-refractivity contribution in [1.82, 2.24) is 5.32 Å². The third kappa shape index (κ3) is 4.70. The maximum absolute atomic E-state index is 13.4. The van der Waals surface area contributed by atoms with E-state index in [0.717, 1.165) is 16.6 Å². The van der Waals surface area contributed by atoms with Crippen LogP contribution in [0.5, 0.6) is 0 Å². The lowest BCUT2D eigenvalue weighted by molar-refractivity contribution is 0.00578. The summed E-state index contributed by atoms with van der Waals surface area (Å²) in [4.78, 5) is 12.9. The van der Waals surface area contributed by atoms with Gasteiger partial charge in [0.15, 0.2) is 0 Å². The van der Waals surface area contributed by atoms with Crippen molar-refractivity contribution in [3.63, 3.8) is 0 Å². The summed E-state index contributed by atoms with van der Waals surface area (Å²) < 4.78 is 25.8. The van der Waals surface area contributed by atoms with E-state index < -0.39 is 18.3 Å². The van der Waals surface area contributed by atoms with E-state index in [1.165, 1.54) is 12.1 Å². The molecule has 1 fully saturated rings. The van der Waals surface area contributed by atoms with Gasteiger partial charge in [-0.25, -0.2) is 4.39 Å². The first-order valence-corrected chi connectivity index (χ1v) is 9.86. The van der Waals surface area contributed by atoms with Crippen LogP contribution in [0.25, 0.3) is 11.1 Å². The van der Waals surface area contributed by atoms with Crippen LogP contribution in [0.1, 0.15) is 58.8 Å². The molecule has 154 valence electrons. The molecule has 0 saturated carbocycles. The topological polar surface area (TPSA) is 47.6 Å². The Balaban J connectivity index is 2.06. The number of carbonyl (C=O) groups excluding carboxylic acids is 1. The molecule has 0 aliphatic carbocycles. The minimum Gasteiger partial charge on any atom is -0.399 e. The average molecular weight is 397 g/mol. The highest BCUT2D eigenvalue weighted by Gasteiger charge is 2.51. The number of carbonyl (C=O) groups is 1. The van der Waals surface area contributed by atoms with Gasteiger partial charge in [0.2, 0.25) is 0 Å². The Morgan fingerprint density at radius 3 is 2.00 bits per heavy atom. The lowest BCUT2D eigenvalue weighted by atomic mass is 9.76. The summed E-state index contributed by atoms with van der Waals surface area (Å²) in [7, 11) is -0.596. The first-order valence-electron chi connectivity index (χ1n) is 9.86. The number of benzene rings is 2. The fourth-order valence-corrected chi connectivity index (χ4v) is 3.12. The third-order valence-corrected chi connectivity index (χ3v) is 5.41. The molecule has 0 radical (unpaired) electrons. The summed E-state index contributed by atoms with van der Waals surface area (Å²) in [5.74, 6) is -0.485. The summed E-state index contributed by atoms with van der Waals surface area (Å²) in [6.45, 7) is 13.8. The van der Waals surface area contributed by atoms with E-state index in [1.54, 1.807) is 18.2 Å². The van der Waals surface area contributed by atoms with Crippen molar-refractivity contribution in [2.45, 2.75) is 65.2 Å². The molecule has 3 rings (SSSR count). The van der Waals surface area contributed by atoms with Crippen LogP contribution in [-0.4, -0.2) is 29.8 Å². The second-order valence-corrected chi connectivity index (χ2v) is 9.64. The van der Waals surface area contributed by atoms with Gasteiger partial charge >= 0.3 is 7.12 Å². The lowest BCUT2D eigenvalue weighted by Gasteiger charge is -2.32. The molecule has 1 amide bonds. The number of halogens is 1. The van der Waals surface area contributed by atoms with E-state index in [1.807, 2.05) is 60.6 Å². The van der Waals surface area contributed by atoms with Crippen molar-refractivity contribution in [3.05, 3.63) is 53.8 Å². The SMILES string of the molecule is CC(C)(C)NC(=O)c1cc(B2OC(C)(C)C(C)(C)O2)cc(-c2ccc(F)cc2)c1. The fraction of sp³-hybridized carbons (Fsp3) is 0.435. The van der Waals surface area contributed by atoms with Gasteiger partial charge in [-0.3, -0.25) is 4.79 Å². The van der Waals surface area contributed by atoms with Gasteiger partial charge in [-0.2, -0.15) is 0 Å². The smallest absolute Gasteiger partial charge is 0.399 e. The minimum absolute atomic E-state index is 0.181. The molecule has 0 spiro atoms. The largest absolute Gasteiger partial charge is 0.494 e. The maximum atomic E-state index is 13.4. The van der Waals surface area contributed by atoms with Crippen LogP contribution in [0, 0.1) is 5.82 Å². The monoisotopic (exact) mass is 397 g/mol. The summed E-state index contributed by atoms with van der Waals surface area (Å²) in [6.07, 6.45) is 0. The lowest BCUT2D eigenvalue weighted by Crippen LogP contribution is -2.41. The average Bonchev–Trinajstić information content (AvgIpc) is 2.81. The van der Waals surface area contributed by atoms with Gasteiger partial charge in [0, 0.05) is 11.1 Å². The molecule has 0 atom stereocenters. The highest BCUT2D eigenvalue weighted by atomic mass is 19.1. The number of amides is 1. The molecule has 2 aromatic carbocycles. The molecule has 0 aromatic heterocycles. The highest BCUT2D eigenvalue weighted by Crippen LogP contribution is 2.36. The second kappa shape index (κ2) is 7.26.